The van der Waals surface area contributed by atoms with Crippen LogP contribution in [0.15, 0.2) is 70.9 Å². The van der Waals surface area contributed by atoms with Crippen molar-refractivity contribution >= 4 is 34.5 Å². The number of carbonyl (C=O) groups excluding carboxylic acids is 1. The van der Waals surface area contributed by atoms with Crippen molar-refractivity contribution in [3.05, 3.63) is 82.7 Å². The Morgan fingerprint density at radius 1 is 1.15 bits per heavy atom. The molecule has 0 aliphatic heterocycles. The van der Waals surface area contributed by atoms with Crippen LogP contribution in [0.2, 0.25) is 0 Å². The lowest BCUT2D eigenvalue weighted by Gasteiger charge is -2.18. The molecule has 0 fully saturated rings. The van der Waals surface area contributed by atoms with Gasteiger partial charge < -0.3 is 10.1 Å². The molecule has 0 saturated heterocycles. The summed E-state index contributed by atoms with van der Waals surface area (Å²) in [5, 5.41) is 2.32. The van der Waals surface area contributed by atoms with E-state index in [0.29, 0.717) is 17.3 Å². The number of aromatic nitrogens is 4. The van der Waals surface area contributed by atoms with Crippen LogP contribution in [0.1, 0.15) is 18.9 Å². The average Bonchev–Trinajstić information content (AvgIpc) is 2.86. The molecule has 1 N–H and O–H groups in total. The van der Waals surface area contributed by atoms with Gasteiger partial charge in [-0.1, -0.05) is 43.0 Å². The maximum atomic E-state index is 14.0. The van der Waals surface area contributed by atoms with Crippen LogP contribution in [0.4, 0.5) is 10.1 Å². The minimum Gasteiger partial charge on any atom is -0.497 e. The van der Waals surface area contributed by atoms with Gasteiger partial charge in [0, 0.05) is 12.4 Å². The Morgan fingerprint density at radius 2 is 1.88 bits per heavy atom. The molecule has 4 aromatic rings. The molecule has 0 unspecified atom stereocenters. The Hall–Kier alpha value is -3.79. The predicted molar refractivity (Wildman–Crippen MR) is 129 cm³/mol. The second kappa shape index (κ2) is 10.4. The summed E-state index contributed by atoms with van der Waals surface area (Å²) in [5.74, 6) is -0.211. The highest BCUT2D eigenvalue weighted by Crippen LogP contribution is 2.26. The zero-order valence-corrected chi connectivity index (χ0v) is 19.4. The third-order valence-corrected chi connectivity index (χ3v) is 6.46. The summed E-state index contributed by atoms with van der Waals surface area (Å²) in [4.78, 5) is 39.1. The highest BCUT2D eigenvalue weighted by molar-refractivity contribution is 8.00. The van der Waals surface area contributed by atoms with Gasteiger partial charge in [-0.3, -0.25) is 14.2 Å². The second-order valence-corrected chi connectivity index (χ2v) is 8.52. The second-order valence-electron chi connectivity index (χ2n) is 7.35. The molecule has 0 saturated carbocycles. The Morgan fingerprint density at radius 3 is 2.59 bits per heavy atom. The van der Waals surface area contributed by atoms with E-state index in [9.17, 15) is 14.0 Å². The third kappa shape index (κ3) is 5.07. The Balaban J connectivity index is 1.69. The summed E-state index contributed by atoms with van der Waals surface area (Å²) >= 11 is 1.13. The summed E-state index contributed by atoms with van der Waals surface area (Å²) in [6.07, 6.45) is 3.33. The first-order chi connectivity index (χ1) is 16.5. The molecule has 2 aromatic heterocycles. The topological polar surface area (TPSA) is 99.0 Å². The highest BCUT2D eigenvalue weighted by Gasteiger charge is 2.23. The predicted octanol–water partition coefficient (Wildman–Crippen LogP) is 3.89. The molecule has 174 valence electrons. The number of ether oxygens (including phenoxy) is 1. The molecule has 2 heterocycles. The fraction of sp³-hybridized carbons (Fsp3) is 0.208. The summed E-state index contributed by atoms with van der Waals surface area (Å²) in [7, 11) is 1.58. The van der Waals surface area contributed by atoms with E-state index in [-0.39, 0.29) is 34.9 Å². The molecule has 0 aliphatic carbocycles. The molecule has 4 rings (SSSR count). The molecule has 0 aliphatic rings. The van der Waals surface area contributed by atoms with Gasteiger partial charge in [0.15, 0.2) is 16.3 Å². The van der Waals surface area contributed by atoms with Crippen LogP contribution >= 0.6 is 11.8 Å². The molecule has 10 heteroatoms. The van der Waals surface area contributed by atoms with Gasteiger partial charge in [0.25, 0.3) is 5.56 Å². The van der Waals surface area contributed by atoms with Crippen molar-refractivity contribution in [3.63, 3.8) is 0 Å². The van der Waals surface area contributed by atoms with Crippen molar-refractivity contribution < 1.29 is 13.9 Å². The van der Waals surface area contributed by atoms with E-state index in [2.05, 4.69) is 20.3 Å². The van der Waals surface area contributed by atoms with E-state index in [1.807, 2.05) is 19.1 Å². The number of hydrogen-bond acceptors (Lipinski definition) is 7. The molecule has 1 atom stereocenters. The number of halogens is 1. The average molecular weight is 480 g/mol. The number of benzene rings is 2. The van der Waals surface area contributed by atoms with E-state index >= 15 is 0 Å². The lowest BCUT2D eigenvalue weighted by Crippen LogP contribution is -2.29. The number of fused-ring (bicyclic) bond motifs is 1. The summed E-state index contributed by atoms with van der Waals surface area (Å²) in [6, 6.07) is 13.3. The normalized spacial score (nSPS) is 11.9. The van der Waals surface area contributed by atoms with Crippen molar-refractivity contribution in [1.82, 2.24) is 19.5 Å². The number of anilines is 1. The first kappa shape index (κ1) is 23.4. The van der Waals surface area contributed by atoms with Crippen molar-refractivity contribution in [2.75, 3.05) is 12.4 Å². The molecule has 1 amide bonds. The number of carbonyl (C=O) groups is 1. The first-order valence-corrected chi connectivity index (χ1v) is 11.4. The van der Waals surface area contributed by atoms with E-state index in [1.54, 1.807) is 31.4 Å². The maximum Gasteiger partial charge on any atom is 0.282 e. The molecule has 2 aromatic carbocycles. The number of amides is 1. The number of rotatable bonds is 8. The van der Waals surface area contributed by atoms with E-state index in [0.717, 1.165) is 17.3 Å². The van der Waals surface area contributed by atoms with Gasteiger partial charge in [-0.25, -0.2) is 19.3 Å². The quantitative estimate of drug-likeness (QED) is 0.302. The highest BCUT2D eigenvalue weighted by atomic mass is 32.2. The van der Waals surface area contributed by atoms with Crippen molar-refractivity contribution in [2.45, 2.75) is 30.3 Å². The van der Waals surface area contributed by atoms with Gasteiger partial charge in [0.05, 0.1) is 24.6 Å². The van der Waals surface area contributed by atoms with Gasteiger partial charge >= 0.3 is 0 Å². The van der Waals surface area contributed by atoms with Crippen molar-refractivity contribution in [1.29, 1.82) is 0 Å². The molecular weight excluding hydrogens is 457 g/mol. The number of methoxy groups -OCH3 is 1. The molecule has 8 nitrogen and oxygen atoms in total. The van der Waals surface area contributed by atoms with Crippen molar-refractivity contribution in [3.8, 4) is 5.75 Å². The van der Waals surface area contributed by atoms with Crippen molar-refractivity contribution in [2.24, 2.45) is 0 Å². The number of thioether (sulfide) groups is 1. The van der Waals surface area contributed by atoms with Crippen LogP contribution in [0.3, 0.4) is 0 Å². The first-order valence-electron chi connectivity index (χ1n) is 10.6. The number of nitrogens with zero attached hydrogens (tertiary/aromatic N) is 4. The Kier molecular flexibility index (Phi) is 7.17. The molecule has 34 heavy (non-hydrogen) atoms. The summed E-state index contributed by atoms with van der Waals surface area (Å²) < 4.78 is 20.7. The number of hydrogen-bond donors (Lipinski definition) is 1. The molecule has 0 radical (unpaired) electrons. The fourth-order valence-electron chi connectivity index (χ4n) is 3.30. The van der Waals surface area contributed by atoms with Crippen LogP contribution < -0.4 is 15.6 Å². The van der Waals surface area contributed by atoms with Crippen LogP contribution in [0.5, 0.6) is 5.75 Å². The van der Waals surface area contributed by atoms with Gasteiger partial charge in [0.2, 0.25) is 5.91 Å². The molecule has 0 spiro atoms. The number of para-hydroxylation sites is 1. The van der Waals surface area contributed by atoms with Crippen LogP contribution in [0, 0.1) is 5.82 Å². The zero-order valence-electron chi connectivity index (χ0n) is 18.6. The van der Waals surface area contributed by atoms with E-state index in [1.165, 1.54) is 29.1 Å². The Bertz CT molecular complexity index is 1380. The largest absolute Gasteiger partial charge is 0.497 e. The van der Waals surface area contributed by atoms with Crippen LogP contribution in [-0.4, -0.2) is 37.8 Å². The fourth-order valence-corrected chi connectivity index (χ4v) is 4.30. The van der Waals surface area contributed by atoms with Gasteiger partial charge in [-0.15, -0.1) is 0 Å². The van der Waals surface area contributed by atoms with Gasteiger partial charge in [-0.05, 0) is 36.2 Å². The van der Waals surface area contributed by atoms with Crippen LogP contribution in [-0.2, 0) is 11.3 Å². The minimum atomic E-state index is -0.622. The van der Waals surface area contributed by atoms with E-state index < -0.39 is 11.1 Å². The SMILES string of the molecule is CC[C@H](Sc1nc2nccnc2c(=O)n1Cc1ccc(OC)cc1)C(=O)Nc1ccccc1F. The van der Waals surface area contributed by atoms with E-state index in [4.69, 9.17) is 4.74 Å². The smallest absolute Gasteiger partial charge is 0.282 e. The number of nitrogens with one attached hydrogen (secondary N) is 1. The zero-order chi connectivity index (χ0) is 24.1. The minimum absolute atomic E-state index is 0.0968. The van der Waals surface area contributed by atoms with Crippen LogP contribution in [0.25, 0.3) is 11.2 Å². The van der Waals surface area contributed by atoms with Gasteiger partial charge in [-0.2, -0.15) is 0 Å². The Labute approximate surface area is 199 Å². The van der Waals surface area contributed by atoms with Gasteiger partial charge in [0.1, 0.15) is 11.6 Å². The molecular formula is C24H22FN5O3S. The summed E-state index contributed by atoms with van der Waals surface area (Å²) in [6.45, 7) is 2.06. The molecule has 0 bridgehead atoms. The monoisotopic (exact) mass is 479 g/mol. The summed E-state index contributed by atoms with van der Waals surface area (Å²) in [5.41, 5.74) is 0.925. The lowest BCUT2D eigenvalue weighted by molar-refractivity contribution is -0.115. The third-order valence-electron chi connectivity index (χ3n) is 5.10. The maximum absolute atomic E-state index is 14.0. The lowest BCUT2D eigenvalue weighted by atomic mass is 10.2. The standard InChI is InChI=1S/C24H22FN5O3S/c1-3-19(22(31)28-18-7-5-4-6-17(18)25)34-24-29-21-20(26-12-13-27-21)23(32)30(24)14-15-8-10-16(33-2)11-9-15/h4-13,19H,3,14H2,1-2H3,(H,28,31)/t19-/m0/s1.